The fraction of sp³-hybridized carbons (Fsp3) is 0.533. The summed E-state index contributed by atoms with van der Waals surface area (Å²) in [6.07, 6.45) is 1.16. The van der Waals surface area contributed by atoms with Crippen molar-refractivity contribution in [3.63, 3.8) is 0 Å². The number of likely N-dealkylation sites (tertiary alicyclic amines) is 1. The lowest BCUT2D eigenvalue weighted by molar-refractivity contribution is -0.00327. The predicted octanol–water partition coefficient (Wildman–Crippen LogP) is 2.37. The average molecular weight is 265 g/mol. The molecule has 0 aliphatic carbocycles. The lowest BCUT2D eigenvalue weighted by Gasteiger charge is -2.35. The maximum Gasteiger partial charge on any atom is 0.179 e. The van der Waals surface area contributed by atoms with Crippen LogP contribution in [0.2, 0.25) is 0 Å². The van der Waals surface area contributed by atoms with Crippen LogP contribution in [0.1, 0.15) is 23.7 Å². The molecule has 1 aliphatic rings. The van der Waals surface area contributed by atoms with Crippen molar-refractivity contribution >= 4 is 5.78 Å². The van der Waals surface area contributed by atoms with Crippen LogP contribution in [0.4, 0.5) is 4.39 Å². The number of halogens is 1. The van der Waals surface area contributed by atoms with E-state index in [1.807, 2.05) is 4.90 Å². The smallest absolute Gasteiger partial charge is 0.179 e. The Hall–Kier alpha value is -1.26. The van der Waals surface area contributed by atoms with Crippen LogP contribution < -0.4 is 0 Å². The number of hydrogen-bond donors (Lipinski definition) is 0. The molecule has 0 N–H and O–H groups in total. The van der Waals surface area contributed by atoms with E-state index in [0.29, 0.717) is 5.92 Å². The Morgan fingerprint density at radius 1 is 1.47 bits per heavy atom. The van der Waals surface area contributed by atoms with Crippen molar-refractivity contribution in [2.45, 2.75) is 19.4 Å². The summed E-state index contributed by atoms with van der Waals surface area (Å²) in [5, 5.41) is 0. The molecule has 2 rings (SSSR count). The number of nitrogens with zero attached hydrogens (tertiary/aromatic N) is 1. The van der Waals surface area contributed by atoms with Gasteiger partial charge in [-0.1, -0.05) is 19.1 Å². The third-order valence-electron chi connectivity index (χ3n) is 3.82. The third kappa shape index (κ3) is 3.39. The normalized spacial score (nSPS) is 24.4. The van der Waals surface area contributed by atoms with Gasteiger partial charge in [0.05, 0.1) is 18.2 Å². The minimum atomic E-state index is -0.443. The standard InChI is InChI=1S/C15H20FNO2/c1-11-7-8-17(10-15(11)19-2)9-14(18)12-5-3-4-6-13(12)16/h3-6,11,15H,7-10H2,1-2H3. The molecule has 0 amide bonds. The summed E-state index contributed by atoms with van der Waals surface area (Å²) in [6.45, 7) is 4.01. The number of ketones is 1. The third-order valence-corrected chi connectivity index (χ3v) is 3.82. The van der Waals surface area contributed by atoms with Crippen molar-refractivity contribution in [2.75, 3.05) is 26.7 Å². The molecule has 4 heteroatoms. The average Bonchev–Trinajstić information content (AvgIpc) is 2.41. The van der Waals surface area contributed by atoms with Crippen LogP contribution in [0, 0.1) is 11.7 Å². The Morgan fingerprint density at radius 2 is 2.21 bits per heavy atom. The SMILES string of the molecule is COC1CN(CC(=O)c2ccccc2F)CCC1C. The molecular formula is C15H20FNO2. The highest BCUT2D eigenvalue weighted by molar-refractivity contribution is 5.97. The van der Waals surface area contributed by atoms with Crippen molar-refractivity contribution in [3.8, 4) is 0 Å². The van der Waals surface area contributed by atoms with Gasteiger partial charge in [0.1, 0.15) is 5.82 Å². The molecule has 2 atom stereocenters. The molecule has 19 heavy (non-hydrogen) atoms. The fourth-order valence-electron chi connectivity index (χ4n) is 2.52. The number of Topliss-reactive ketones (excluding diaryl/α,β-unsaturated/α-hetero) is 1. The lowest BCUT2D eigenvalue weighted by atomic mass is 9.95. The molecule has 0 bridgehead atoms. The summed E-state index contributed by atoms with van der Waals surface area (Å²) < 4.78 is 19.0. The number of benzene rings is 1. The Bertz CT molecular complexity index is 450. The monoisotopic (exact) mass is 265 g/mol. The van der Waals surface area contributed by atoms with E-state index >= 15 is 0 Å². The highest BCUT2D eigenvalue weighted by atomic mass is 19.1. The number of methoxy groups -OCH3 is 1. The number of carbonyl (C=O) groups is 1. The molecule has 3 nitrogen and oxygen atoms in total. The van der Waals surface area contributed by atoms with E-state index in [-0.39, 0.29) is 24.0 Å². The van der Waals surface area contributed by atoms with Crippen LogP contribution in [-0.2, 0) is 4.74 Å². The van der Waals surface area contributed by atoms with Crippen LogP contribution in [0.15, 0.2) is 24.3 Å². The largest absolute Gasteiger partial charge is 0.380 e. The molecule has 104 valence electrons. The van der Waals surface area contributed by atoms with Gasteiger partial charge >= 0.3 is 0 Å². The van der Waals surface area contributed by atoms with E-state index in [1.165, 1.54) is 12.1 Å². The summed E-state index contributed by atoms with van der Waals surface area (Å²) in [5.41, 5.74) is 0.176. The van der Waals surface area contributed by atoms with Crippen LogP contribution in [0.3, 0.4) is 0 Å². The van der Waals surface area contributed by atoms with E-state index < -0.39 is 5.82 Å². The number of carbonyl (C=O) groups excluding carboxylic acids is 1. The first kappa shape index (κ1) is 14.2. The molecule has 2 unspecified atom stereocenters. The minimum Gasteiger partial charge on any atom is -0.380 e. The Morgan fingerprint density at radius 3 is 2.89 bits per heavy atom. The van der Waals surface area contributed by atoms with E-state index in [0.717, 1.165) is 19.5 Å². The maximum absolute atomic E-state index is 13.5. The van der Waals surface area contributed by atoms with Gasteiger partial charge < -0.3 is 4.74 Å². The number of ether oxygens (including phenoxy) is 1. The Balaban J connectivity index is 1.98. The summed E-state index contributed by atoms with van der Waals surface area (Å²) in [4.78, 5) is 14.1. The van der Waals surface area contributed by atoms with Crippen molar-refractivity contribution in [1.82, 2.24) is 4.90 Å². The van der Waals surface area contributed by atoms with E-state index in [2.05, 4.69) is 6.92 Å². The highest BCUT2D eigenvalue weighted by Gasteiger charge is 2.27. The van der Waals surface area contributed by atoms with Gasteiger partial charge in [-0.3, -0.25) is 9.69 Å². The lowest BCUT2D eigenvalue weighted by Crippen LogP contribution is -2.45. The van der Waals surface area contributed by atoms with Gasteiger partial charge in [-0.15, -0.1) is 0 Å². The van der Waals surface area contributed by atoms with Gasteiger partial charge in [0.25, 0.3) is 0 Å². The fourth-order valence-corrected chi connectivity index (χ4v) is 2.52. The first-order valence-corrected chi connectivity index (χ1v) is 6.64. The topological polar surface area (TPSA) is 29.5 Å². The molecule has 1 saturated heterocycles. The van der Waals surface area contributed by atoms with E-state index in [1.54, 1.807) is 19.2 Å². The molecule has 1 aromatic carbocycles. The first-order chi connectivity index (χ1) is 9.11. The van der Waals surface area contributed by atoms with Crippen LogP contribution in [0.5, 0.6) is 0 Å². The minimum absolute atomic E-state index is 0.155. The van der Waals surface area contributed by atoms with Crippen LogP contribution >= 0.6 is 0 Å². The van der Waals surface area contributed by atoms with E-state index in [9.17, 15) is 9.18 Å². The second kappa shape index (κ2) is 6.26. The zero-order valence-electron chi connectivity index (χ0n) is 11.4. The van der Waals surface area contributed by atoms with Crippen molar-refractivity contribution in [1.29, 1.82) is 0 Å². The Kier molecular flexibility index (Phi) is 4.66. The van der Waals surface area contributed by atoms with Crippen LogP contribution in [0.25, 0.3) is 0 Å². The quantitative estimate of drug-likeness (QED) is 0.783. The van der Waals surface area contributed by atoms with Crippen LogP contribution in [-0.4, -0.2) is 43.5 Å². The number of piperidine rings is 1. The van der Waals surface area contributed by atoms with Gasteiger partial charge in [0.2, 0.25) is 0 Å². The van der Waals surface area contributed by atoms with Gasteiger partial charge in [0.15, 0.2) is 5.78 Å². The summed E-state index contributed by atoms with van der Waals surface area (Å²) in [6, 6.07) is 6.14. The first-order valence-electron chi connectivity index (χ1n) is 6.64. The molecule has 1 heterocycles. The summed E-state index contributed by atoms with van der Waals surface area (Å²) in [5.74, 6) is -0.103. The zero-order chi connectivity index (χ0) is 13.8. The Labute approximate surface area is 113 Å². The van der Waals surface area contributed by atoms with Crippen molar-refractivity contribution in [2.24, 2.45) is 5.92 Å². The second-order valence-corrected chi connectivity index (χ2v) is 5.18. The summed E-state index contributed by atoms with van der Waals surface area (Å²) >= 11 is 0. The predicted molar refractivity (Wildman–Crippen MR) is 71.7 cm³/mol. The number of hydrogen-bond acceptors (Lipinski definition) is 3. The maximum atomic E-state index is 13.5. The summed E-state index contributed by atoms with van der Waals surface area (Å²) in [7, 11) is 1.70. The molecular weight excluding hydrogens is 245 g/mol. The highest BCUT2D eigenvalue weighted by Crippen LogP contribution is 2.20. The van der Waals surface area contributed by atoms with Gasteiger partial charge in [-0.05, 0) is 31.0 Å². The van der Waals surface area contributed by atoms with Crippen molar-refractivity contribution in [3.05, 3.63) is 35.6 Å². The molecule has 1 aromatic rings. The van der Waals surface area contributed by atoms with E-state index in [4.69, 9.17) is 4.74 Å². The van der Waals surface area contributed by atoms with Gasteiger partial charge in [-0.2, -0.15) is 0 Å². The number of rotatable bonds is 4. The van der Waals surface area contributed by atoms with Crippen molar-refractivity contribution < 1.29 is 13.9 Å². The molecule has 0 spiro atoms. The molecule has 1 aliphatic heterocycles. The molecule has 0 aromatic heterocycles. The molecule has 1 fully saturated rings. The molecule has 0 saturated carbocycles. The molecule has 0 radical (unpaired) electrons. The second-order valence-electron chi connectivity index (χ2n) is 5.18. The zero-order valence-corrected chi connectivity index (χ0v) is 11.4. The van der Waals surface area contributed by atoms with Gasteiger partial charge in [0, 0.05) is 13.7 Å². The van der Waals surface area contributed by atoms with Gasteiger partial charge in [-0.25, -0.2) is 4.39 Å².